The van der Waals surface area contributed by atoms with E-state index < -0.39 is 147 Å². The number of nitrogens with one attached hydrogen (secondary N) is 4. The predicted octanol–water partition coefficient (Wildman–Crippen LogP) is 7.30. The number of aliphatic hydroxyl groups excluding tert-OH is 1. The van der Waals surface area contributed by atoms with Gasteiger partial charge in [0.05, 0.1) is 40.2 Å². The molecule has 3 atom stereocenters. The number of likely N-dealkylation sites (tertiary alicyclic amines) is 3. The zero-order valence-electron chi connectivity index (χ0n) is 91.0. The van der Waals surface area contributed by atoms with Gasteiger partial charge in [-0.25, -0.2) is 77.3 Å². The number of hydrogen-bond donors (Lipinski definition) is 9. The Morgan fingerprint density at radius 3 is 1.12 bits per heavy atom. The van der Waals surface area contributed by atoms with Crippen LogP contribution in [0.15, 0.2) is 51.9 Å². The topological polar surface area (TPSA) is 618 Å². The van der Waals surface area contributed by atoms with Gasteiger partial charge < -0.3 is 77.5 Å². The Hall–Kier alpha value is -10.2. The first-order valence-corrected chi connectivity index (χ1v) is 53.7. The van der Waals surface area contributed by atoms with Crippen molar-refractivity contribution >= 4 is 119 Å². The van der Waals surface area contributed by atoms with Gasteiger partial charge >= 0.3 is 72.1 Å². The third-order valence-electron chi connectivity index (χ3n) is 24.9. The van der Waals surface area contributed by atoms with Crippen molar-refractivity contribution in [1.82, 2.24) is 49.3 Å². The van der Waals surface area contributed by atoms with Gasteiger partial charge in [0, 0.05) is 104 Å². The average molecular weight is 2140 g/mol. The molecular weight excluding hydrogens is 1980 g/mol. The minimum absolute atomic E-state index is 0. The number of nitrogens with zero attached hydrogens (tertiary/aromatic N) is 13. The molecule has 46 nitrogen and oxygen atoms in total. The largest absolute Gasteiger partial charge is 1.00 e. The van der Waals surface area contributed by atoms with Crippen LogP contribution in [-0.2, 0) is 102 Å². The number of carboxylic acids is 1. The van der Waals surface area contributed by atoms with Gasteiger partial charge in [-0.05, 0) is 349 Å². The second-order valence-electron chi connectivity index (χ2n) is 42.6. The number of carboxylic acid groups (broad SMARTS) is 1. The van der Waals surface area contributed by atoms with Crippen LogP contribution in [-0.4, -0.2) is 308 Å². The summed E-state index contributed by atoms with van der Waals surface area (Å²) < 4.78 is 116. The van der Waals surface area contributed by atoms with Crippen LogP contribution < -0.4 is 83.2 Å². The van der Waals surface area contributed by atoms with E-state index in [9.17, 15) is 78.0 Å². The first-order valence-electron chi connectivity index (χ1n) is 48.9. The molecule has 7 aliphatic heterocycles. The van der Waals surface area contributed by atoms with Crippen molar-refractivity contribution in [2.45, 2.75) is 331 Å². The molecule has 7 aliphatic rings. The van der Waals surface area contributed by atoms with E-state index >= 15 is 0 Å². The van der Waals surface area contributed by atoms with E-state index in [4.69, 9.17) is 71.3 Å². The second kappa shape index (κ2) is 53.9. The summed E-state index contributed by atoms with van der Waals surface area (Å²) in [5, 5.41) is 26.4. The number of nitroso groups, excluding NO2 is 1. The quantitative estimate of drug-likeness (QED) is 0.0100. The molecule has 822 valence electrons. The van der Waals surface area contributed by atoms with Gasteiger partial charge in [-0.3, -0.25) is 58.8 Å². The van der Waals surface area contributed by atoms with Gasteiger partial charge in [0.1, 0.15) is 57.0 Å². The second-order valence-corrected chi connectivity index (χ2v) is 48.9. The van der Waals surface area contributed by atoms with E-state index in [0.29, 0.717) is 81.1 Å². The van der Waals surface area contributed by atoms with Crippen molar-refractivity contribution in [2.24, 2.45) is 32.7 Å². The van der Waals surface area contributed by atoms with Crippen LogP contribution in [0.25, 0.3) is 5.53 Å². The van der Waals surface area contributed by atoms with E-state index in [1.807, 2.05) is 140 Å². The molecule has 10 rings (SSSR count). The van der Waals surface area contributed by atoms with Crippen molar-refractivity contribution < 1.29 is 146 Å². The molecule has 6 saturated heterocycles. The third-order valence-corrected chi connectivity index (χ3v) is 30.5. The standard InChI is InChI=1S/C32H51N5O8S.C32H49N5O7S.C22H36N4O5S.C9H15NO4.C2H6O.H2N5O.Na/c1-21-19-23(35(9)28(40)44-30(3,4)5)20-22(2)24(21)12-18-46(42,43)36-16-13-32(14-17-36,27(33)39)34-26(38)25-11-10-15-37(25)29(41)45-31(6,7)8;1-21-19-23(35(9)28(39)43-30(3,4)5)20-22(2)24(21)12-18-45(41,42)36-16-13-32(14-17-36)27(38)33-26(34-32)25-11-10-15-37(25)29(40)44-31(6,7)8;1-15-13-17(25(6)20(28)31-21(3,4)5)14-16(2)18(15)7-12-32(29,30)26-10-8-22(24,9-11-26)19(23)27;1-6(2)14-9(13)10-5-3-4-7(10)8(11)12;1-2-3;1-2-3-4-5-6;/h19-20,25H,10-18H2,1-9H3,(H2,33,39)(H,34,38);19-20,25H,10-18H2,1-9H3,(H,33,34,38);13-14H,7-12,24H2,1-6H3,(H2,23,27);6-7H,3-5H2,1-2H3,(H,11,12);3H,2H2,1H3;(H2-,1,2,3,4,5,6);/q;;;;;-1;+1. The maximum atomic E-state index is 13.4. The van der Waals surface area contributed by atoms with Crippen molar-refractivity contribution in [3.8, 4) is 0 Å². The Morgan fingerprint density at radius 2 is 0.816 bits per heavy atom. The van der Waals surface area contributed by atoms with Gasteiger partial charge in [-0.15, -0.1) is 4.91 Å². The van der Waals surface area contributed by atoms with Gasteiger partial charge in [-0.2, -0.15) is 0 Å². The first kappa shape index (κ1) is 129. The summed E-state index contributed by atoms with van der Waals surface area (Å²) in [7, 11) is -5.91. The maximum Gasteiger partial charge on any atom is 1.00 e. The van der Waals surface area contributed by atoms with Crippen molar-refractivity contribution in [3.05, 3.63) is 96.9 Å². The van der Waals surface area contributed by atoms with E-state index in [0.717, 1.165) is 62.9 Å². The van der Waals surface area contributed by atoms with Crippen molar-refractivity contribution in [2.75, 3.05) is 119 Å². The molecule has 1 spiro atoms. The summed E-state index contributed by atoms with van der Waals surface area (Å²) in [6.45, 7) is 45.8. The molecule has 10 amide bonds. The number of piperidine rings is 3. The van der Waals surface area contributed by atoms with Crippen molar-refractivity contribution in [3.63, 3.8) is 0 Å². The van der Waals surface area contributed by atoms with Crippen LogP contribution in [0.2, 0.25) is 0 Å². The SMILES string of the molecule is CC(C)OC(=O)N1CCCC1C(=O)O.CCO.Cc1cc(N(C)C(=O)OC(C)(C)C)cc(C)c1CCS(=O)(=O)N1CCC(N)(C(N)=O)CC1.Cc1cc(N(C)C(=O)OC(C)(C)C)cc(C)c1CCS(=O)(=O)N1CCC(NC(=O)C2CCCN2C(=O)OC(C)(C)C)(C(N)=O)CC1.Cc1cc(N(C)C(=O)OC(C)(C)C)cc(C)c1CCS(=O)(=O)N1CCC2(CC1)N=C(C1CCCN1C(=O)OC(C)(C)C)NC2=O.[N-]=NNNN=O.[Na+]. The van der Waals surface area contributed by atoms with E-state index in [1.54, 1.807) is 99.4 Å². The molecule has 50 heteroatoms. The number of rotatable bonds is 25. The molecule has 3 aromatic carbocycles. The fourth-order valence-corrected chi connectivity index (χ4v) is 21.6. The number of amides is 10. The number of anilines is 3. The molecule has 147 heavy (non-hydrogen) atoms. The van der Waals surface area contributed by atoms with Crippen LogP contribution in [0.5, 0.6) is 0 Å². The Kier molecular flexibility index (Phi) is 47.4. The van der Waals surface area contributed by atoms with Crippen LogP contribution in [0.3, 0.4) is 0 Å². The number of primary amides is 2. The molecule has 0 saturated carbocycles. The summed E-state index contributed by atoms with van der Waals surface area (Å²) in [4.78, 5) is 158. The van der Waals surface area contributed by atoms with Gasteiger partial charge in [0.25, 0.3) is 5.91 Å². The number of aliphatic carboxylic acids is 1. The smallest absolute Gasteiger partial charge is 0.480 e. The van der Waals surface area contributed by atoms with Crippen LogP contribution >= 0.6 is 0 Å². The van der Waals surface area contributed by atoms with Crippen molar-refractivity contribution in [1.29, 1.82) is 0 Å². The molecule has 3 unspecified atom stereocenters. The normalized spacial score (nSPS) is 18.4. The van der Waals surface area contributed by atoms with E-state index in [-0.39, 0.29) is 156 Å². The molecule has 12 N–H and O–H groups in total. The van der Waals surface area contributed by atoms with Gasteiger partial charge in [0.15, 0.2) is 0 Å². The number of carbonyl (C=O) groups is 11. The number of aliphatic hydroxyl groups is 1. The average Bonchev–Trinajstić information content (AvgIpc) is 1.64. The number of aliphatic imine (C=N–C) groups is 1. The third kappa shape index (κ3) is 38.3. The summed E-state index contributed by atoms with van der Waals surface area (Å²) in [6.07, 6.45) is 2.45. The number of nitrogens with two attached hydrogens (primary N) is 3. The Balaban J connectivity index is 0.000000416. The van der Waals surface area contributed by atoms with Crippen LogP contribution in [0.1, 0.15) is 252 Å². The number of benzene rings is 3. The monoisotopic (exact) mass is 2140 g/mol. The number of amidine groups is 1. The number of hydrogen-bond acceptors (Lipinski definition) is 29. The molecular formula is C97H159N20NaO26S3. The summed E-state index contributed by atoms with van der Waals surface area (Å²) in [5.41, 5.74) is 31.0. The maximum absolute atomic E-state index is 13.4. The Bertz CT molecular complexity index is 5440. The first-order chi connectivity index (χ1) is 67.2. The zero-order valence-corrected chi connectivity index (χ0v) is 95.5. The fraction of sp³-hybridized carbons (Fsp3) is 0.691. The molecule has 7 heterocycles. The fourth-order valence-electron chi connectivity index (χ4n) is 17.3. The minimum atomic E-state index is -3.72. The zero-order chi connectivity index (χ0) is 111. The molecule has 0 radical (unpaired) electrons. The van der Waals surface area contributed by atoms with Gasteiger partial charge in [-0.1, -0.05) is 0 Å². The van der Waals surface area contributed by atoms with E-state index in [1.165, 1.54) is 37.4 Å². The molecule has 0 bridgehead atoms. The summed E-state index contributed by atoms with van der Waals surface area (Å²) in [6, 6.07) is 9.22. The van der Waals surface area contributed by atoms with Gasteiger partial charge in [0.2, 0.25) is 47.8 Å². The number of aryl methyl sites for hydroxylation is 6. The molecule has 3 aromatic rings. The minimum Gasteiger partial charge on any atom is -0.480 e. The molecule has 0 aromatic heterocycles. The number of ether oxygens (including phenoxy) is 6. The van der Waals surface area contributed by atoms with Crippen LogP contribution in [0.4, 0.5) is 45.8 Å². The van der Waals surface area contributed by atoms with E-state index in [2.05, 4.69) is 21.1 Å². The Morgan fingerprint density at radius 1 is 0.503 bits per heavy atom. The number of hydrazine groups is 1. The summed E-state index contributed by atoms with van der Waals surface area (Å²) in [5.74, 6) is -2.87. The molecule has 6 fully saturated rings. The molecule has 0 aliphatic carbocycles. The number of carbonyl (C=O) groups excluding carboxylic acids is 10. The predicted molar refractivity (Wildman–Crippen MR) is 553 cm³/mol. The Labute approximate surface area is 888 Å². The van der Waals surface area contributed by atoms with Crippen LogP contribution in [0, 0.1) is 46.4 Å². The number of sulfonamides is 3. The summed E-state index contributed by atoms with van der Waals surface area (Å²) >= 11 is 0.